The van der Waals surface area contributed by atoms with Crippen molar-refractivity contribution in [1.29, 1.82) is 0 Å². The summed E-state index contributed by atoms with van der Waals surface area (Å²) >= 11 is 1.54. The maximum atomic E-state index is 11.2. The van der Waals surface area contributed by atoms with Crippen LogP contribution in [0.1, 0.15) is 17.8 Å². The van der Waals surface area contributed by atoms with E-state index < -0.39 is 0 Å². The number of rotatable bonds is 2. The molecule has 0 fully saturated rings. The molecule has 1 aromatic rings. The molecule has 1 N–H and O–H groups in total. The summed E-state index contributed by atoms with van der Waals surface area (Å²) in [5, 5.41) is 2.84. The molecule has 0 unspecified atom stereocenters. The maximum Gasteiger partial charge on any atom is 0.317 e. The summed E-state index contributed by atoms with van der Waals surface area (Å²) in [6, 6.07) is -0.0525. The van der Waals surface area contributed by atoms with Crippen molar-refractivity contribution in [3.63, 3.8) is 0 Å². The molecule has 0 aliphatic heterocycles. The molecule has 0 aromatic carbocycles. The summed E-state index contributed by atoms with van der Waals surface area (Å²) in [4.78, 5) is 17.8. The van der Waals surface area contributed by atoms with Crippen LogP contribution in [0.4, 0.5) is 4.79 Å². The van der Waals surface area contributed by atoms with Crippen molar-refractivity contribution >= 4 is 17.4 Å². The van der Waals surface area contributed by atoms with Crippen LogP contribution in [-0.4, -0.2) is 30.0 Å². The van der Waals surface area contributed by atoms with Gasteiger partial charge in [-0.05, 0) is 6.92 Å². The number of amides is 2. The van der Waals surface area contributed by atoms with Crippen molar-refractivity contribution in [1.82, 2.24) is 15.2 Å². The molecule has 1 atom stereocenters. The molecule has 1 aromatic heterocycles. The summed E-state index contributed by atoms with van der Waals surface area (Å²) in [5.74, 6) is 0. The van der Waals surface area contributed by atoms with Crippen LogP contribution in [0.25, 0.3) is 0 Å². The number of carbonyl (C=O) groups excluding carboxylic acids is 1. The Hall–Kier alpha value is -1.10. The van der Waals surface area contributed by atoms with Crippen molar-refractivity contribution in [2.24, 2.45) is 0 Å². The van der Waals surface area contributed by atoms with Crippen LogP contribution < -0.4 is 5.32 Å². The number of hydrogen-bond donors (Lipinski definition) is 1. The SMILES string of the molecule is C[C@H](NC(=O)N(C)C)c1cncs1. The van der Waals surface area contributed by atoms with Crippen LogP contribution in [0, 0.1) is 0 Å². The highest BCUT2D eigenvalue weighted by atomic mass is 32.1. The molecule has 1 heterocycles. The van der Waals surface area contributed by atoms with Crippen LogP contribution in [0.5, 0.6) is 0 Å². The lowest BCUT2D eigenvalue weighted by Crippen LogP contribution is -2.35. The fourth-order valence-electron chi connectivity index (χ4n) is 0.825. The minimum atomic E-state index is -0.0825. The van der Waals surface area contributed by atoms with Gasteiger partial charge in [0.1, 0.15) is 0 Å². The van der Waals surface area contributed by atoms with E-state index in [-0.39, 0.29) is 12.1 Å². The molecule has 72 valence electrons. The molecular weight excluding hydrogens is 186 g/mol. The Morgan fingerprint density at radius 1 is 1.69 bits per heavy atom. The van der Waals surface area contributed by atoms with Gasteiger partial charge in [0.2, 0.25) is 0 Å². The predicted molar refractivity (Wildman–Crippen MR) is 52.7 cm³/mol. The number of nitrogens with zero attached hydrogens (tertiary/aromatic N) is 2. The summed E-state index contributed by atoms with van der Waals surface area (Å²) in [7, 11) is 3.43. The number of thiazole rings is 1. The summed E-state index contributed by atoms with van der Waals surface area (Å²) in [5.41, 5.74) is 1.76. The van der Waals surface area contributed by atoms with Gasteiger partial charge in [-0.2, -0.15) is 0 Å². The highest BCUT2D eigenvalue weighted by molar-refractivity contribution is 7.09. The van der Waals surface area contributed by atoms with Crippen molar-refractivity contribution in [3.8, 4) is 0 Å². The molecule has 0 spiro atoms. The summed E-state index contributed by atoms with van der Waals surface area (Å²) in [6.07, 6.45) is 1.77. The van der Waals surface area contributed by atoms with E-state index in [2.05, 4.69) is 10.3 Å². The standard InChI is InChI=1S/C8H13N3OS/c1-6(7-4-9-5-13-7)10-8(12)11(2)3/h4-6H,1-3H3,(H,10,12)/t6-/m0/s1. The Labute approximate surface area is 81.6 Å². The van der Waals surface area contributed by atoms with E-state index in [9.17, 15) is 4.79 Å². The van der Waals surface area contributed by atoms with E-state index in [0.717, 1.165) is 4.88 Å². The number of nitrogens with one attached hydrogen (secondary N) is 1. The quantitative estimate of drug-likeness (QED) is 0.784. The second-order valence-corrected chi connectivity index (χ2v) is 3.89. The van der Waals surface area contributed by atoms with Gasteiger partial charge in [0, 0.05) is 25.2 Å². The molecule has 5 heteroatoms. The van der Waals surface area contributed by atoms with Gasteiger partial charge in [0.15, 0.2) is 0 Å². The van der Waals surface area contributed by atoms with Crippen LogP contribution in [0.3, 0.4) is 0 Å². The predicted octanol–water partition coefficient (Wildman–Crippen LogP) is 1.48. The van der Waals surface area contributed by atoms with Gasteiger partial charge < -0.3 is 10.2 Å². The van der Waals surface area contributed by atoms with Crippen LogP contribution in [0.15, 0.2) is 11.7 Å². The van der Waals surface area contributed by atoms with Gasteiger partial charge in [0.05, 0.1) is 11.6 Å². The first kappa shape index (κ1) is 9.98. The third-order valence-corrected chi connectivity index (χ3v) is 2.58. The number of carbonyl (C=O) groups is 1. The first-order valence-corrected chi connectivity index (χ1v) is 4.85. The van der Waals surface area contributed by atoms with Gasteiger partial charge in [-0.25, -0.2) is 4.79 Å². The van der Waals surface area contributed by atoms with Gasteiger partial charge in [0.25, 0.3) is 0 Å². The molecule has 4 nitrogen and oxygen atoms in total. The first-order valence-electron chi connectivity index (χ1n) is 3.97. The largest absolute Gasteiger partial charge is 0.331 e. The van der Waals surface area contributed by atoms with E-state index in [0.29, 0.717) is 0 Å². The number of urea groups is 1. The summed E-state index contributed by atoms with van der Waals surface area (Å²) in [6.45, 7) is 1.94. The molecule has 2 amide bonds. The average molecular weight is 199 g/mol. The molecule has 1 rings (SSSR count). The minimum Gasteiger partial charge on any atom is -0.331 e. The highest BCUT2D eigenvalue weighted by Crippen LogP contribution is 2.15. The molecular formula is C8H13N3OS. The Morgan fingerprint density at radius 2 is 2.38 bits per heavy atom. The zero-order chi connectivity index (χ0) is 9.84. The second-order valence-electron chi connectivity index (χ2n) is 2.97. The monoisotopic (exact) mass is 199 g/mol. The Morgan fingerprint density at radius 3 is 2.85 bits per heavy atom. The van der Waals surface area contributed by atoms with E-state index in [1.54, 1.807) is 37.1 Å². The van der Waals surface area contributed by atoms with Crippen molar-refractivity contribution in [2.75, 3.05) is 14.1 Å². The molecule has 0 aliphatic rings. The zero-order valence-electron chi connectivity index (χ0n) is 7.94. The lowest BCUT2D eigenvalue weighted by molar-refractivity contribution is 0.214. The van der Waals surface area contributed by atoms with E-state index in [1.807, 2.05) is 6.92 Å². The molecule has 13 heavy (non-hydrogen) atoms. The fourth-order valence-corrected chi connectivity index (χ4v) is 1.45. The van der Waals surface area contributed by atoms with Crippen LogP contribution in [-0.2, 0) is 0 Å². The Bertz CT molecular complexity index is 271. The third-order valence-electron chi connectivity index (χ3n) is 1.62. The van der Waals surface area contributed by atoms with Gasteiger partial charge >= 0.3 is 6.03 Å². The molecule has 0 saturated heterocycles. The molecule has 0 saturated carbocycles. The third kappa shape index (κ3) is 2.69. The smallest absolute Gasteiger partial charge is 0.317 e. The number of aromatic nitrogens is 1. The van der Waals surface area contributed by atoms with Crippen molar-refractivity contribution < 1.29 is 4.79 Å². The lowest BCUT2D eigenvalue weighted by atomic mass is 10.3. The van der Waals surface area contributed by atoms with E-state index in [1.165, 1.54) is 4.90 Å². The van der Waals surface area contributed by atoms with Crippen molar-refractivity contribution in [2.45, 2.75) is 13.0 Å². The molecule has 0 aliphatic carbocycles. The average Bonchev–Trinajstić information content (AvgIpc) is 2.55. The molecule has 0 radical (unpaired) electrons. The normalized spacial score (nSPS) is 12.2. The Balaban J connectivity index is 2.51. The molecule has 0 bridgehead atoms. The minimum absolute atomic E-state index is 0.0300. The van der Waals surface area contributed by atoms with Gasteiger partial charge in [-0.3, -0.25) is 4.98 Å². The van der Waals surface area contributed by atoms with E-state index >= 15 is 0 Å². The van der Waals surface area contributed by atoms with Gasteiger partial charge in [-0.15, -0.1) is 11.3 Å². The van der Waals surface area contributed by atoms with Crippen LogP contribution in [0.2, 0.25) is 0 Å². The first-order chi connectivity index (χ1) is 6.11. The second kappa shape index (κ2) is 4.23. The summed E-state index contributed by atoms with van der Waals surface area (Å²) < 4.78 is 0. The number of hydrogen-bond acceptors (Lipinski definition) is 3. The van der Waals surface area contributed by atoms with E-state index in [4.69, 9.17) is 0 Å². The topological polar surface area (TPSA) is 45.2 Å². The fraction of sp³-hybridized carbons (Fsp3) is 0.500. The Kier molecular flexibility index (Phi) is 3.25. The van der Waals surface area contributed by atoms with Crippen molar-refractivity contribution in [3.05, 3.63) is 16.6 Å². The highest BCUT2D eigenvalue weighted by Gasteiger charge is 2.11. The lowest BCUT2D eigenvalue weighted by Gasteiger charge is -2.16. The zero-order valence-corrected chi connectivity index (χ0v) is 8.76. The van der Waals surface area contributed by atoms with Gasteiger partial charge in [-0.1, -0.05) is 0 Å². The van der Waals surface area contributed by atoms with Crippen LogP contribution >= 0.6 is 11.3 Å². The maximum absolute atomic E-state index is 11.2.